The number of carbonyl (C=O) groups excluding carboxylic acids is 1. The summed E-state index contributed by atoms with van der Waals surface area (Å²) in [5, 5.41) is 6.85. The van der Waals surface area contributed by atoms with E-state index in [1.54, 1.807) is 6.07 Å². The fourth-order valence-corrected chi connectivity index (χ4v) is 2.52. The summed E-state index contributed by atoms with van der Waals surface area (Å²) in [6.07, 6.45) is -0.426. The Hall–Kier alpha value is -1.46. The number of hydrogen-bond donors (Lipinski definition) is 1. The largest absolute Gasteiger partial charge is 0.469 e. The van der Waals surface area contributed by atoms with Crippen LogP contribution in [-0.4, -0.2) is 29.2 Å². The van der Waals surface area contributed by atoms with E-state index in [1.807, 2.05) is 6.92 Å². The molecule has 1 aromatic heterocycles. The van der Waals surface area contributed by atoms with Gasteiger partial charge >= 0.3 is 5.97 Å². The Morgan fingerprint density at radius 2 is 2.33 bits per heavy atom. The van der Waals surface area contributed by atoms with Gasteiger partial charge in [0.15, 0.2) is 0 Å². The number of aromatic amines is 1. The number of nitrogens with one attached hydrogen (secondary N) is 1. The number of esters is 1. The molecule has 1 N–H and O–H groups in total. The highest BCUT2D eigenvalue weighted by molar-refractivity contribution is 5.73. The molecule has 100 valence electrons. The molecule has 2 atom stereocenters. The van der Waals surface area contributed by atoms with Gasteiger partial charge in [-0.05, 0) is 19.4 Å². The molecule has 0 aliphatic heterocycles. The van der Waals surface area contributed by atoms with Crippen LogP contribution in [0.15, 0.2) is 6.07 Å². The summed E-state index contributed by atoms with van der Waals surface area (Å²) >= 11 is 0. The zero-order valence-corrected chi connectivity index (χ0v) is 10.4. The fraction of sp³-hybridized carbons (Fsp3) is 0.667. The van der Waals surface area contributed by atoms with E-state index < -0.39 is 24.2 Å². The number of ether oxygens (including phenoxy) is 1. The van der Waals surface area contributed by atoms with Gasteiger partial charge in [-0.3, -0.25) is 9.89 Å². The highest BCUT2D eigenvalue weighted by Gasteiger charge is 2.46. The van der Waals surface area contributed by atoms with Crippen molar-refractivity contribution in [3.8, 4) is 0 Å². The van der Waals surface area contributed by atoms with Gasteiger partial charge < -0.3 is 4.74 Å². The highest BCUT2D eigenvalue weighted by Crippen LogP contribution is 2.44. The summed E-state index contributed by atoms with van der Waals surface area (Å²) < 4.78 is 31.5. The molecule has 0 amide bonds. The molecule has 0 bridgehead atoms. The van der Waals surface area contributed by atoms with E-state index in [1.165, 1.54) is 7.11 Å². The van der Waals surface area contributed by atoms with Gasteiger partial charge in [-0.25, -0.2) is 8.78 Å². The normalized spacial score (nSPS) is 26.9. The predicted molar refractivity (Wildman–Crippen MR) is 60.4 cm³/mol. The second kappa shape index (κ2) is 4.66. The Morgan fingerprint density at radius 3 is 2.89 bits per heavy atom. The van der Waals surface area contributed by atoms with Gasteiger partial charge in [0.05, 0.1) is 18.7 Å². The summed E-state index contributed by atoms with van der Waals surface area (Å²) in [6, 6.07) is 1.80. The predicted octanol–water partition coefficient (Wildman–Crippen LogP) is 2.41. The van der Waals surface area contributed by atoms with E-state index in [9.17, 15) is 13.6 Å². The van der Waals surface area contributed by atoms with Gasteiger partial charge in [-0.15, -0.1) is 0 Å². The third-order valence-corrected chi connectivity index (χ3v) is 3.43. The van der Waals surface area contributed by atoms with Crippen molar-refractivity contribution in [3.63, 3.8) is 0 Å². The van der Waals surface area contributed by atoms with Gasteiger partial charge in [0.25, 0.3) is 0 Å². The van der Waals surface area contributed by atoms with Crippen LogP contribution in [0.4, 0.5) is 8.78 Å². The molecule has 2 rings (SSSR count). The fourth-order valence-electron chi connectivity index (χ4n) is 2.52. The number of nitrogens with zero attached hydrogens (tertiary/aromatic N) is 1. The first-order valence-electron chi connectivity index (χ1n) is 5.90. The molecule has 0 radical (unpaired) electrons. The van der Waals surface area contributed by atoms with E-state index in [0.29, 0.717) is 5.69 Å². The number of carbonyl (C=O) groups is 1. The average molecular weight is 258 g/mol. The van der Waals surface area contributed by atoms with Crippen molar-refractivity contribution < 1.29 is 18.3 Å². The van der Waals surface area contributed by atoms with E-state index in [4.69, 9.17) is 0 Å². The number of alkyl halides is 2. The lowest BCUT2D eigenvalue weighted by Crippen LogP contribution is -2.36. The molecule has 2 unspecified atom stereocenters. The molecule has 1 aliphatic carbocycles. The van der Waals surface area contributed by atoms with Crippen LogP contribution in [0.1, 0.15) is 36.6 Å². The molecule has 0 aromatic carbocycles. The lowest BCUT2D eigenvalue weighted by molar-refractivity contribution is -0.154. The van der Waals surface area contributed by atoms with Crippen molar-refractivity contribution in [3.05, 3.63) is 17.5 Å². The van der Waals surface area contributed by atoms with E-state index in [0.717, 1.165) is 5.69 Å². The number of hydrogen-bond acceptors (Lipinski definition) is 3. The zero-order chi connectivity index (χ0) is 13.3. The Balaban J connectivity index is 2.25. The molecule has 0 saturated heterocycles. The number of H-pyrrole nitrogens is 1. The van der Waals surface area contributed by atoms with E-state index >= 15 is 0 Å². The van der Waals surface area contributed by atoms with Crippen LogP contribution in [0, 0.1) is 12.8 Å². The minimum Gasteiger partial charge on any atom is -0.469 e. The van der Waals surface area contributed by atoms with Crippen LogP contribution in [0.5, 0.6) is 0 Å². The van der Waals surface area contributed by atoms with Crippen molar-refractivity contribution in [1.29, 1.82) is 0 Å². The summed E-state index contributed by atoms with van der Waals surface area (Å²) in [5.41, 5.74) is 1.52. The molecule has 1 saturated carbocycles. The third-order valence-electron chi connectivity index (χ3n) is 3.43. The maximum Gasteiger partial charge on any atom is 0.309 e. The first-order chi connectivity index (χ1) is 8.43. The lowest BCUT2D eigenvalue weighted by Gasteiger charge is -2.33. The quantitative estimate of drug-likeness (QED) is 0.829. The summed E-state index contributed by atoms with van der Waals surface area (Å²) in [5.74, 6) is -4.48. The SMILES string of the molecule is COC(=O)C1CC(F)(F)CCC1c1cc(C)[nH]n1. The van der Waals surface area contributed by atoms with Crippen LogP contribution in [0.3, 0.4) is 0 Å². The molecule has 1 aromatic rings. The molecule has 18 heavy (non-hydrogen) atoms. The van der Waals surface area contributed by atoms with Crippen LogP contribution in [0.25, 0.3) is 0 Å². The Morgan fingerprint density at radius 1 is 1.61 bits per heavy atom. The monoisotopic (exact) mass is 258 g/mol. The highest BCUT2D eigenvalue weighted by atomic mass is 19.3. The standard InChI is InChI=1S/C12H16F2N2O2/c1-7-5-10(16-15-7)8-3-4-12(13,14)6-9(8)11(17)18-2/h5,8-9H,3-4,6H2,1-2H3,(H,15,16). The minimum absolute atomic E-state index is 0.211. The smallest absolute Gasteiger partial charge is 0.309 e. The van der Waals surface area contributed by atoms with Crippen molar-refractivity contribution in [2.45, 2.75) is 38.0 Å². The van der Waals surface area contributed by atoms with Gasteiger partial charge in [-0.1, -0.05) is 0 Å². The number of aryl methyl sites for hydroxylation is 1. The minimum atomic E-state index is -2.79. The molecule has 0 spiro atoms. The van der Waals surface area contributed by atoms with Crippen LogP contribution < -0.4 is 0 Å². The van der Waals surface area contributed by atoms with Crippen molar-refractivity contribution in [1.82, 2.24) is 10.2 Å². The van der Waals surface area contributed by atoms with E-state index in [-0.39, 0.29) is 18.8 Å². The topological polar surface area (TPSA) is 55.0 Å². The van der Waals surface area contributed by atoms with Crippen molar-refractivity contribution >= 4 is 5.97 Å². The molecular formula is C12H16F2N2O2. The summed E-state index contributed by atoms with van der Waals surface area (Å²) in [7, 11) is 1.22. The molecular weight excluding hydrogens is 242 g/mol. The molecule has 4 nitrogen and oxygen atoms in total. The van der Waals surface area contributed by atoms with Crippen LogP contribution >= 0.6 is 0 Å². The Bertz CT molecular complexity index is 445. The first kappa shape index (κ1) is 13.0. The van der Waals surface area contributed by atoms with Gasteiger partial charge in [0.2, 0.25) is 5.92 Å². The number of aromatic nitrogens is 2. The zero-order valence-electron chi connectivity index (χ0n) is 10.4. The summed E-state index contributed by atoms with van der Waals surface area (Å²) in [4.78, 5) is 11.7. The van der Waals surface area contributed by atoms with Crippen LogP contribution in [0.2, 0.25) is 0 Å². The Kier molecular flexibility index (Phi) is 3.36. The number of halogens is 2. The molecule has 6 heteroatoms. The number of rotatable bonds is 2. The molecule has 1 aliphatic rings. The van der Waals surface area contributed by atoms with Gasteiger partial charge in [-0.2, -0.15) is 5.10 Å². The lowest BCUT2D eigenvalue weighted by atomic mass is 9.75. The number of methoxy groups -OCH3 is 1. The Labute approximate surface area is 104 Å². The second-order valence-electron chi connectivity index (χ2n) is 4.81. The van der Waals surface area contributed by atoms with Gasteiger partial charge in [0.1, 0.15) is 0 Å². The van der Waals surface area contributed by atoms with Crippen LogP contribution in [-0.2, 0) is 9.53 Å². The van der Waals surface area contributed by atoms with Gasteiger partial charge in [0, 0.05) is 24.5 Å². The first-order valence-corrected chi connectivity index (χ1v) is 5.90. The van der Waals surface area contributed by atoms with E-state index in [2.05, 4.69) is 14.9 Å². The molecule has 1 heterocycles. The maximum absolute atomic E-state index is 13.4. The van der Waals surface area contributed by atoms with Crippen molar-refractivity contribution in [2.75, 3.05) is 7.11 Å². The second-order valence-corrected chi connectivity index (χ2v) is 4.81. The third kappa shape index (κ3) is 2.52. The average Bonchev–Trinajstić information content (AvgIpc) is 2.73. The summed E-state index contributed by atoms with van der Waals surface area (Å²) in [6.45, 7) is 1.83. The molecule has 1 fully saturated rings. The van der Waals surface area contributed by atoms with Crippen molar-refractivity contribution in [2.24, 2.45) is 5.92 Å². The maximum atomic E-state index is 13.4.